The molecule has 1 heterocycles. The smallest absolute Gasteiger partial charge is 0.148 e. The normalized spacial score (nSPS) is 11.9. The molecule has 3 aromatic carbocycles. The maximum absolute atomic E-state index is 11.8. The molecule has 0 bridgehead atoms. The standard InChI is InChI=1S/C26H20Br3NO3/c1-16-7-12-23(30(16)20-10-8-19(27)9-11-20)18-14-21(28)25(22(29)15-18)33-24(26(31)32)13-17-5-3-2-4-6-17/h2-12,14-15,24H,13H2,1H3,(H,31,32)/p-1/t24-/m1/s1. The number of aryl methyl sites for hydroxylation is 1. The minimum Gasteiger partial charge on any atom is -0.546 e. The van der Waals surface area contributed by atoms with Crippen LogP contribution in [-0.4, -0.2) is 16.6 Å². The van der Waals surface area contributed by atoms with Crippen molar-refractivity contribution < 1.29 is 14.6 Å². The second-order valence-corrected chi connectivity index (χ2v) is 10.2. The van der Waals surface area contributed by atoms with Gasteiger partial charge in [-0.15, -0.1) is 0 Å². The molecule has 0 aliphatic rings. The lowest BCUT2D eigenvalue weighted by atomic mass is 10.1. The van der Waals surface area contributed by atoms with Crippen molar-refractivity contribution in [1.82, 2.24) is 4.57 Å². The van der Waals surface area contributed by atoms with Crippen LogP contribution in [0.5, 0.6) is 5.75 Å². The number of carbonyl (C=O) groups is 1. The average Bonchev–Trinajstić information content (AvgIpc) is 3.17. The number of carboxylic acid groups (broad SMARTS) is 1. The van der Waals surface area contributed by atoms with Gasteiger partial charge in [-0.25, -0.2) is 0 Å². The van der Waals surface area contributed by atoms with Gasteiger partial charge in [0.1, 0.15) is 11.9 Å². The van der Waals surface area contributed by atoms with Crippen molar-refractivity contribution in [2.75, 3.05) is 0 Å². The van der Waals surface area contributed by atoms with Crippen LogP contribution in [0.4, 0.5) is 0 Å². The van der Waals surface area contributed by atoms with Crippen molar-refractivity contribution in [3.05, 3.63) is 104 Å². The third-order valence-electron chi connectivity index (χ3n) is 5.24. The fraction of sp³-hybridized carbons (Fsp3) is 0.115. The second-order valence-electron chi connectivity index (χ2n) is 7.56. The summed E-state index contributed by atoms with van der Waals surface area (Å²) in [6.07, 6.45) is -0.921. The van der Waals surface area contributed by atoms with Gasteiger partial charge >= 0.3 is 0 Å². The van der Waals surface area contributed by atoms with Gasteiger partial charge in [0.25, 0.3) is 0 Å². The van der Waals surface area contributed by atoms with Gasteiger partial charge in [0.2, 0.25) is 0 Å². The molecule has 0 unspecified atom stereocenters. The van der Waals surface area contributed by atoms with E-state index in [0.29, 0.717) is 14.7 Å². The molecule has 0 fully saturated rings. The van der Waals surface area contributed by atoms with E-state index in [4.69, 9.17) is 4.74 Å². The van der Waals surface area contributed by atoms with Crippen LogP contribution in [0.15, 0.2) is 92.3 Å². The first-order chi connectivity index (χ1) is 15.8. The second kappa shape index (κ2) is 10.3. The number of carbonyl (C=O) groups excluding carboxylic acids is 1. The van der Waals surface area contributed by atoms with E-state index in [9.17, 15) is 9.90 Å². The zero-order chi connectivity index (χ0) is 23.5. The minimum absolute atomic E-state index is 0.204. The van der Waals surface area contributed by atoms with Gasteiger partial charge in [-0.3, -0.25) is 0 Å². The Balaban J connectivity index is 1.67. The van der Waals surface area contributed by atoms with E-state index in [0.717, 1.165) is 32.7 Å². The molecule has 4 nitrogen and oxygen atoms in total. The third-order valence-corrected chi connectivity index (χ3v) is 6.95. The first kappa shape index (κ1) is 23.8. The number of nitrogens with zero attached hydrogens (tertiary/aromatic N) is 1. The Kier molecular flexibility index (Phi) is 7.41. The van der Waals surface area contributed by atoms with Crippen molar-refractivity contribution in [2.24, 2.45) is 0 Å². The van der Waals surface area contributed by atoms with Crippen molar-refractivity contribution in [2.45, 2.75) is 19.4 Å². The topological polar surface area (TPSA) is 54.3 Å². The molecule has 0 saturated carbocycles. The van der Waals surface area contributed by atoms with Crippen LogP contribution < -0.4 is 9.84 Å². The number of halogens is 3. The summed E-state index contributed by atoms with van der Waals surface area (Å²) in [4.78, 5) is 11.8. The predicted molar refractivity (Wildman–Crippen MR) is 139 cm³/mol. The molecule has 0 saturated heterocycles. The van der Waals surface area contributed by atoms with Gasteiger partial charge < -0.3 is 19.2 Å². The lowest BCUT2D eigenvalue weighted by molar-refractivity contribution is -0.313. The lowest BCUT2D eigenvalue weighted by Gasteiger charge is -2.22. The van der Waals surface area contributed by atoms with E-state index < -0.39 is 12.1 Å². The molecule has 0 spiro atoms. The van der Waals surface area contributed by atoms with E-state index >= 15 is 0 Å². The zero-order valence-electron chi connectivity index (χ0n) is 17.6. The molecule has 4 aromatic rings. The number of hydrogen-bond acceptors (Lipinski definition) is 3. The molecule has 168 valence electrons. The molecule has 0 aliphatic carbocycles. The Bertz CT molecular complexity index is 1260. The van der Waals surface area contributed by atoms with Crippen LogP contribution in [0.2, 0.25) is 0 Å². The molecule has 33 heavy (non-hydrogen) atoms. The molecule has 1 aromatic heterocycles. The summed E-state index contributed by atoms with van der Waals surface area (Å²) in [5, 5.41) is 11.8. The van der Waals surface area contributed by atoms with Crippen molar-refractivity contribution in [1.29, 1.82) is 0 Å². The van der Waals surface area contributed by atoms with Gasteiger partial charge in [0.15, 0.2) is 0 Å². The van der Waals surface area contributed by atoms with Crippen LogP contribution in [0.25, 0.3) is 16.9 Å². The monoisotopic (exact) mass is 630 g/mol. The Morgan fingerprint density at radius 2 is 1.58 bits per heavy atom. The number of rotatable bonds is 7. The summed E-state index contributed by atoms with van der Waals surface area (Å²) in [6, 6.07) is 25.5. The van der Waals surface area contributed by atoms with Crippen LogP contribution in [-0.2, 0) is 11.2 Å². The molecule has 4 rings (SSSR count). The Labute approximate surface area is 217 Å². The molecular formula is C26H19Br3NO3-. The van der Waals surface area contributed by atoms with E-state index in [1.807, 2.05) is 54.6 Å². The van der Waals surface area contributed by atoms with Gasteiger partial charge in [0.05, 0.1) is 20.6 Å². The summed E-state index contributed by atoms with van der Waals surface area (Å²) >= 11 is 10.6. The minimum atomic E-state index is -1.26. The average molecular weight is 633 g/mol. The number of benzene rings is 3. The fourth-order valence-corrected chi connectivity index (χ4v) is 5.30. The quantitative estimate of drug-likeness (QED) is 0.234. The molecule has 1 atom stereocenters. The first-order valence-corrected chi connectivity index (χ1v) is 12.6. The van der Waals surface area contributed by atoms with Crippen molar-refractivity contribution in [3.63, 3.8) is 0 Å². The highest BCUT2D eigenvalue weighted by atomic mass is 79.9. The van der Waals surface area contributed by atoms with Gasteiger partial charge in [-0.05, 0) is 92.9 Å². The lowest BCUT2D eigenvalue weighted by Crippen LogP contribution is -2.41. The number of aliphatic carboxylic acids is 1. The number of carboxylic acids is 1. The molecular weight excluding hydrogens is 614 g/mol. The molecule has 0 amide bonds. The van der Waals surface area contributed by atoms with Crippen LogP contribution in [0.3, 0.4) is 0 Å². The summed E-state index contributed by atoms with van der Waals surface area (Å²) < 4.78 is 10.4. The van der Waals surface area contributed by atoms with Crippen LogP contribution in [0, 0.1) is 6.92 Å². The van der Waals surface area contributed by atoms with Crippen molar-refractivity contribution in [3.8, 4) is 22.7 Å². The molecule has 0 N–H and O–H groups in total. The summed E-state index contributed by atoms with van der Waals surface area (Å²) in [6.45, 7) is 2.06. The highest BCUT2D eigenvalue weighted by molar-refractivity contribution is 9.11. The molecule has 0 radical (unpaired) electrons. The highest BCUT2D eigenvalue weighted by Gasteiger charge is 2.19. The third kappa shape index (κ3) is 5.42. The highest BCUT2D eigenvalue weighted by Crippen LogP contribution is 2.39. The van der Waals surface area contributed by atoms with Gasteiger partial charge in [-0.1, -0.05) is 46.3 Å². The van der Waals surface area contributed by atoms with Gasteiger partial charge in [0, 0.05) is 27.8 Å². The number of ether oxygens (including phenoxy) is 1. The predicted octanol–water partition coefficient (Wildman–Crippen LogP) is 6.48. The zero-order valence-corrected chi connectivity index (χ0v) is 22.4. The molecule has 7 heteroatoms. The maximum Gasteiger partial charge on any atom is 0.148 e. The first-order valence-electron chi connectivity index (χ1n) is 10.2. The summed E-state index contributed by atoms with van der Waals surface area (Å²) in [5.41, 5.74) is 4.95. The number of hydrogen-bond donors (Lipinski definition) is 0. The number of aromatic nitrogens is 1. The Morgan fingerprint density at radius 3 is 2.18 bits per heavy atom. The van der Waals surface area contributed by atoms with Crippen LogP contribution in [0.1, 0.15) is 11.3 Å². The van der Waals surface area contributed by atoms with E-state index in [2.05, 4.69) is 83.5 Å². The van der Waals surface area contributed by atoms with E-state index in [1.54, 1.807) is 0 Å². The van der Waals surface area contributed by atoms with E-state index in [-0.39, 0.29) is 6.42 Å². The van der Waals surface area contributed by atoms with Gasteiger partial charge in [-0.2, -0.15) is 0 Å². The van der Waals surface area contributed by atoms with E-state index in [1.165, 1.54) is 0 Å². The summed E-state index contributed by atoms with van der Waals surface area (Å²) in [5.74, 6) is -0.844. The molecule has 0 aliphatic heterocycles. The maximum atomic E-state index is 11.8. The van der Waals surface area contributed by atoms with Crippen LogP contribution >= 0.6 is 47.8 Å². The Hall–Kier alpha value is -2.35. The van der Waals surface area contributed by atoms with Crippen molar-refractivity contribution >= 4 is 53.8 Å². The largest absolute Gasteiger partial charge is 0.546 e. The fourth-order valence-electron chi connectivity index (χ4n) is 3.66. The summed E-state index contributed by atoms with van der Waals surface area (Å²) in [7, 11) is 0. The SMILES string of the molecule is Cc1ccc(-c2cc(Br)c(O[C@H](Cc3ccccc3)C(=O)[O-])c(Br)c2)n1-c1ccc(Br)cc1. The Morgan fingerprint density at radius 1 is 0.939 bits per heavy atom.